The van der Waals surface area contributed by atoms with Gasteiger partial charge in [0.2, 0.25) is 5.91 Å². The fourth-order valence-electron chi connectivity index (χ4n) is 2.08. The van der Waals surface area contributed by atoms with Crippen LogP contribution in [0.2, 0.25) is 0 Å². The number of benzene rings is 1. The van der Waals surface area contributed by atoms with E-state index in [-0.39, 0.29) is 11.9 Å². The molecule has 1 aromatic rings. The summed E-state index contributed by atoms with van der Waals surface area (Å²) in [6.07, 6.45) is -0.951. The highest BCUT2D eigenvalue weighted by Gasteiger charge is 2.30. The molecule has 108 valence electrons. The zero-order chi connectivity index (χ0) is 14.8. The normalized spacial score (nSPS) is 19.8. The third-order valence-corrected chi connectivity index (χ3v) is 3.17. The van der Waals surface area contributed by atoms with Gasteiger partial charge >= 0.3 is 6.18 Å². The molecule has 2 rings (SSSR count). The van der Waals surface area contributed by atoms with Gasteiger partial charge in [0.05, 0.1) is 5.56 Å². The number of nitrogens with two attached hydrogens (primary N) is 1. The van der Waals surface area contributed by atoms with Gasteiger partial charge in [0.15, 0.2) is 0 Å². The van der Waals surface area contributed by atoms with Crippen molar-refractivity contribution in [2.75, 3.05) is 13.1 Å². The number of rotatable bonds is 2. The topological polar surface area (TPSA) is 46.3 Å². The summed E-state index contributed by atoms with van der Waals surface area (Å²) in [6, 6.07) is 4.84. The maximum atomic E-state index is 12.5. The van der Waals surface area contributed by atoms with Crippen molar-refractivity contribution in [3.8, 4) is 0 Å². The molecule has 1 atom stereocenters. The minimum Gasteiger partial charge on any atom is -0.338 e. The van der Waals surface area contributed by atoms with Crippen LogP contribution in [0.4, 0.5) is 13.2 Å². The molecule has 1 aliphatic rings. The maximum Gasteiger partial charge on any atom is 0.416 e. The second-order valence-corrected chi connectivity index (χ2v) is 4.79. The van der Waals surface area contributed by atoms with E-state index in [1.165, 1.54) is 24.3 Å². The summed E-state index contributed by atoms with van der Waals surface area (Å²) in [5, 5.41) is 0. The second-order valence-electron chi connectivity index (χ2n) is 4.79. The highest BCUT2D eigenvalue weighted by atomic mass is 19.4. The van der Waals surface area contributed by atoms with E-state index in [0.717, 1.165) is 18.6 Å². The summed E-state index contributed by atoms with van der Waals surface area (Å²) >= 11 is 0. The Morgan fingerprint density at radius 1 is 1.40 bits per heavy atom. The lowest BCUT2D eigenvalue weighted by Gasteiger charge is -2.12. The van der Waals surface area contributed by atoms with E-state index in [4.69, 9.17) is 5.73 Å². The fourth-order valence-corrected chi connectivity index (χ4v) is 2.08. The van der Waals surface area contributed by atoms with Crippen LogP contribution in [0.25, 0.3) is 6.08 Å². The Balaban J connectivity index is 2.06. The van der Waals surface area contributed by atoms with Crippen LogP contribution in [0.15, 0.2) is 30.3 Å². The zero-order valence-corrected chi connectivity index (χ0v) is 10.7. The highest BCUT2D eigenvalue weighted by Crippen LogP contribution is 2.29. The lowest BCUT2D eigenvalue weighted by molar-refractivity contribution is -0.137. The predicted octanol–water partition coefficient (Wildman–Crippen LogP) is 2.28. The van der Waals surface area contributed by atoms with Crippen LogP contribution in [-0.4, -0.2) is 29.9 Å². The monoisotopic (exact) mass is 284 g/mol. The first-order chi connectivity index (χ1) is 9.36. The van der Waals surface area contributed by atoms with Crippen molar-refractivity contribution in [3.05, 3.63) is 41.5 Å². The predicted molar refractivity (Wildman–Crippen MR) is 69.7 cm³/mol. The Bertz CT molecular complexity index is 525. The van der Waals surface area contributed by atoms with Crippen molar-refractivity contribution < 1.29 is 18.0 Å². The molecular formula is C14H15F3N2O. The molecule has 1 saturated heterocycles. The number of carbonyl (C=O) groups is 1. The van der Waals surface area contributed by atoms with Gasteiger partial charge in [-0.1, -0.05) is 12.1 Å². The third kappa shape index (κ3) is 3.60. The molecule has 2 N–H and O–H groups in total. The summed E-state index contributed by atoms with van der Waals surface area (Å²) in [6.45, 7) is 1.08. The minimum atomic E-state index is -4.38. The second kappa shape index (κ2) is 5.66. The van der Waals surface area contributed by atoms with Gasteiger partial charge in [-0.25, -0.2) is 0 Å². The molecule has 3 nitrogen and oxygen atoms in total. The third-order valence-electron chi connectivity index (χ3n) is 3.17. The summed E-state index contributed by atoms with van der Waals surface area (Å²) in [5.74, 6) is -0.227. The molecule has 1 fully saturated rings. The molecule has 0 unspecified atom stereocenters. The van der Waals surface area contributed by atoms with Crippen molar-refractivity contribution in [2.24, 2.45) is 5.73 Å². The van der Waals surface area contributed by atoms with E-state index < -0.39 is 11.7 Å². The summed E-state index contributed by atoms with van der Waals surface area (Å²) in [5.41, 5.74) is 5.31. The Kier molecular flexibility index (Phi) is 4.13. The number of carbonyl (C=O) groups excluding carboxylic acids is 1. The van der Waals surface area contributed by atoms with E-state index in [9.17, 15) is 18.0 Å². The van der Waals surface area contributed by atoms with Crippen LogP contribution in [-0.2, 0) is 11.0 Å². The lowest BCUT2D eigenvalue weighted by atomic mass is 10.1. The summed E-state index contributed by atoms with van der Waals surface area (Å²) < 4.78 is 37.6. The van der Waals surface area contributed by atoms with Gasteiger partial charge in [-0.3, -0.25) is 4.79 Å². The van der Waals surface area contributed by atoms with E-state index in [1.807, 2.05) is 0 Å². The Morgan fingerprint density at radius 3 is 2.75 bits per heavy atom. The molecule has 1 aromatic carbocycles. The Labute approximate surface area is 114 Å². The van der Waals surface area contributed by atoms with E-state index >= 15 is 0 Å². The average Bonchev–Trinajstić information content (AvgIpc) is 2.82. The maximum absolute atomic E-state index is 12.5. The Hall–Kier alpha value is -1.82. The molecule has 0 aliphatic carbocycles. The molecule has 0 bridgehead atoms. The molecule has 6 heteroatoms. The number of nitrogens with zero attached hydrogens (tertiary/aromatic N) is 1. The van der Waals surface area contributed by atoms with Gasteiger partial charge in [0.25, 0.3) is 0 Å². The van der Waals surface area contributed by atoms with Gasteiger partial charge in [-0.05, 0) is 30.2 Å². The first kappa shape index (κ1) is 14.6. The van der Waals surface area contributed by atoms with Crippen molar-refractivity contribution in [2.45, 2.75) is 18.6 Å². The minimum absolute atomic E-state index is 0.0130. The first-order valence-corrected chi connectivity index (χ1v) is 6.26. The Morgan fingerprint density at radius 2 is 2.15 bits per heavy atom. The van der Waals surface area contributed by atoms with Crippen LogP contribution >= 0.6 is 0 Å². The van der Waals surface area contributed by atoms with Crippen molar-refractivity contribution in [1.29, 1.82) is 0 Å². The number of hydrogen-bond acceptors (Lipinski definition) is 2. The zero-order valence-electron chi connectivity index (χ0n) is 10.7. The molecule has 20 heavy (non-hydrogen) atoms. The molecule has 1 aliphatic heterocycles. The SMILES string of the molecule is N[C@@H]1CCN(C(=O)/C=C/c2cccc(C(F)(F)F)c2)C1. The molecule has 0 saturated carbocycles. The molecule has 0 aromatic heterocycles. The van der Waals surface area contributed by atoms with Crippen LogP contribution in [0.1, 0.15) is 17.5 Å². The summed E-state index contributed by atoms with van der Waals surface area (Å²) in [4.78, 5) is 13.4. The number of halogens is 3. The van der Waals surface area contributed by atoms with Gasteiger partial charge in [-0.15, -0.1) is 0 Å². The van der Waals surface area contributed by atoms with Gasteiger partial charge in [0, 0.05) is 25.2 Å². The van der Waals surface area contributed by atoms with Crippen LogP contribution in [0.3, 0.4) is 0 Å². The lowest BCUT2D eigenvalue weighted by Crippen LogP contribution is -2.30. The number of alkyl halides is 3. The average molecular weight is 284 g/mol. The van der Waals surface area contributed by atoms with Crippen molar-refractivity contribution >= 4 is 12.0 Å². The van der Waals surface area contributed by atoms with Crippen molar-refractivity contribution in [1.82, 2.24) is 4.90 Å². The van der Waals surface area contributed by atoms with E-state index in [1.54, 1.807) is 4.90 Å². The number of likely N-dealkylation sites (tertiary alicyclic amines) is 1. The molecule has 0 spiro atoms. The van der Waals surface area contributed by atoms with E-state index in [2.05, 4.69) is 0 Å². The molecule has 1 heterocycles. The van der Waals surface area contributed by atoms with Crippen LogP contribution in [0, 0.1) is 0 Å². The highest BCUT2D eigenvalue weighted by molar-refractivity contribution is 5.92. The summed E-state index contributed by atoms with van der Waals surface area (Å²) in [7, 11) is 0. The molecular weight excluding hydrogens is 269 g/mol. The van der Waals surface area contributed by atoms with Crippen molar-refractivity contribution in [3.63, 3.8) is 0 Å². The first-order valence-electron chi connectivity index (χ1n) is 6.26. The van der Waals surface area contributed by atoms with Gasteiger partial charge < -0.3 is 10.6 Å². The van der Waals surface area contributed by atoms with Gasteiger partial charge in [-0.2, -0.15) is 13.2 Å². The smallest absolute Gasteiger partial charge is 0.338 e. The molecule has 0 radical (unpaired) electrons. The molecule has 1 amide bonds. The number of amides is 1. The van der Waals surface area contributed by atoms with E-state index in [0.29, 0.717) is 18.7 Å². The largest absolute Gasteiger partial charge is 0.416 e. The quantitative estimate of drug-likeness (QED) is 0.847. The van der Waals surface area contributed by atoms with Gasteiger partial charge in [0.1, 0.15) is 0 Å². The van der Waals surface area contributed by atoms with Crippen LogP contribution in [0.5, 0.6) is 0 Å². The van der Waals surface area contributed by atoms with Crippen LogP contribution < -0.4 is 5.73 Å². The standard InChI is InChI=1S/C14H15F3N2O/c15-14(16,17)11-3-1-2-10(8-11)4-5-13(20)19-7-6-12(18)9-19/h1-5,8,12H,6-7,9,18H2/b5-4+/t12-/m1/s1. The fraction of sp³-hybridized carbons (Fsp3) is 0.357. The number of hydrogen-bond donors (Lipinski definition) is 1.